The fraction of sp³-hybridized carbons (Fsp3) is 0.769. The van der Waals surface area contributed by atoms with Gasteiger partial charge in [-0.2, -0.15) is 0 Å². The predicted octanol–water partition coefficient (Wildman–Crippen LogP) is 0.496. The molecule has 7 nitrogen and oxygen atoms in total. The molecule has 0 spiro atoms. The van der Waals surface area contributed by atoms with Crippen LogP contribution in [0.15, 0.2) is 0 Å². The molecule has 2 N–H and O–H groups in total. The van der Waals surface area contributed by atoms with Gasteiger partial charge in [-0.25, -0.2) is 4.79 Å². The second-order valence-corrected chi connectivity index (χ2v) is 4.30. The number of carbonyl (C=O) groups excluding carboxylic acids is 3. The van der Waals surface area contributed by atoms with E-state index in [9.17, 15) is 14.4 Å². The number of amides is 3. The van der Waals surface area contributed by atoms with E-state index >= 15 is 0 Å². The van der Waals surface area contributed by atoms with E-state index in [0.717, 1.165) is 6.42 Å². The zero-order valence-corrected chi connectivity index (χ0v) is 12.7. The Bertz CT molecular complexity index is 334. The van der Waals surface area contributed by atoms with Crippen LogP contribution in [-0.2, 0) is 14.3 Å². The number of nitrogens with zero attached hydrogens (tertiary/aromatic N) is 1. The van der Waals surface area contributed by atoms with Crippen LogP contribution in [0.25, 0.3) is 0 Å². The van der Waals surface area contributed by atoms with Crippen LogP contribution in [0.1, 0.15) is 34.1 Å². The van der Waals surface area contributed by atoms with Gasteiger partial charge in [-0.15, -0.1) is 0 Å². The Hall–Kier alpha value is -1.63. The van der Waals surface area contributed by atoms with Gasteiger partial charge in [0.25, 0.3) is 0 Å². The van der Waals surface area contributed by atoms with Crippen LogP contribution in [0.2, 0.25) is 0 Å². The van der Waals surface area contributed by atoms with Crippen LogP contribution in [0.5, 0.6) is 0 Å². The lowest BCUT2D eigenvalue weighted by Crippen LogP contribution is -2.51. The van der Waals surface area contributed by atoms with Crippen molar-refractivity contribution in [2.45, 2.75) is 40.2 Å². The molecule has 0 bridgehead atoms. The molecular formula is C13H25N3O4. The summed E-state index contributed by atoms with van der Waals surface area (Å²) < 4.78 is 4.88. The smallest absolute Gasteiger partial charge is 0.321 e. The van der Waals surface area contributed by atoms with Gasteiger partial charge in [-0.1, -0.05) is 6.92 Å². The number of nitrogens with one attached hydrogen (secondary N) is 2. The maximum Gasteiger partial charge on any atom is 0.321 e. The van der Waals surface area contributed by atoms with Gasteiger partial charge in [-0.3, -0.25) is 19.8 Å². The Balaban J connectivity index is 4.53. The number of esters is 1. The number of urea groups is 1. The summed E-state index contributed by atoms with van der Waals surface area (Å²) in [6.07, 6.45) is 0.790. The first-order valence-corrected chi connectivity index (χ1v) is 6.94. The summed E-state index contributed by atoms with van der Waals surface area (Å²) in [5, 5.41) is 4.72. The molecule has 3 amide bonds. The predicted molar refractivity (Wildman–Crippen MR) is 75.2 cm³/mol. The van der Waals surface area contributed by atoms with Gasteiger partial charge >= 0.3 is 12.0 Å². The van der Waals surface area contributed by atoms with Gasteiger partial charge in [-0.05, 0) is 33.7 Å². The van der Waals surface area contributed by atoms with E-state index in [1.54, 1.807) is 25.7 Å². The van der Waals surface area contributed by atoms with Crippen LogP contribution in [0, 0.1) is 0 Å². The first-order valence-electron chi connectivity index (χ1n) is 6.94. The molecule has 0 fully saturated rings. The van der Waals surface area contributed by atoms with Crippen molar-refractivity contribution in [1.29, 1.82) is 0 Å². The number of rotatable bonds is 8. The van der Waals surface area contributed by atoms with Gasteiger partial charge in [0, 0.05) is 6.54 Å². The topological polar surface area (TPSA) is 87.7 Å². The molecule has 116 valence electrons. The summed E-state index contributed by atoms with van der Waals surface area (Å²) in [4.78, 5) is 36.4. The second-order valence-electron chi connectivity index (χ2n) is 4.30. The lowest BCUT2D eigenvalue weighted by atomic mass is 10.2. The average Bonchev–Trinajstić information content (AvgIpc) is 2.37. The number of imide groups is 1. The standard InChI is InChI=1S/C13H25N3O4/c1-5-8-16(9-11(17)20-7-3)10(4)12(18)15-13(19)14-6-2/h10H,5-9H2,1-4H3,(H2,14,15,18,19). The Labute approximate surface area is 120 Å². The Kier molecular flexibility index (Phi) is 9.36. The Morgan fingerprint density at radius 3 is 2.35 bits per heavy atom. The molecule has 20 heavy (non-hydrogen) atoms. The molecule has 0 aromatic rings. The molecule has 0 saturated heterocycles. The Morgan fingerprint density at radius 2 is 1.85 bits per heavy atom. The van der Waals surface area contributed by atoms with E-state index in [-0.39, 0.29) is 12.5 Å². The quantitative estimate of drug-likeness (QED) is 0.635. The van der Waals surface area contributed by atoms with Gasteiger partial charge in [0.1, 0.15) is 0 Å². The van der Waals surface area contributed by atoms with E-state index in [2.05, 4.69) is 10.6 Å². The third-order valence-corrected chi connectivity index (χ3v) is 2.65. The average molecular weight is 287 g/mol. The summed E-state index contributed by atoms with van der Waals surface area (Å²) in [6, 6.07) is -1.11. The molecule has 0 heterocycles. The number of hydrogen-bond donors (Lipinski definition) is 2. The van der Waals surface area contributed by atoms with Gasteiger partial charge in [0.15, 0.2) is 0 Å². The van der Waals surface area contributed by atoms with Crippen LogP contribution < -0.4 is 10.6 Å². The molecule has 1 unspecified atom stereocenters. The molecule has 0 radical (unpaired) electrons. The molecule has 0 aromatic heterocycles. The van der Waals surface area contributed by atoms with E-state index in [0.29, 0.717) is 19.7 Å². The van der Waals surface area contributed by atoms with Crippen LogP contribution >= 0.6 is 0 Å². The molecule has 0 aliphatic heterocycles. The maximum atomic E-state index is 11.9. The lowest BCUT2D eigenvalue weighted by Gasteiger charge is -2.26. The SMILES string of the molecule is CCCN(CC(=O)OCC)C(C)C(=O)NC(=O)NCC. The van der Waals surface area contributed by atoms with E-state index < -0.39 is 18.0 Å². The monoisotopic (exact) mass is 287 g/mol. The minimum absolute atomic E-state index is 0.0334. The normalized spacial score (nSPS) is 11.8. The molecule has 0 aliphatic carbocycles. The fourth-order valence-corrected chi connectivity index (χ4v) is 1.66. The van der Waals surface area contributed by atoms with Gasteiger partial charge in [0.05, 0.1) is 19.2 Å². The summed E-state index contributed by atoms with van der Waals surface area (Å²) in [5.41, 5.74) is 0. The van der Waals surface area contributed by atoms with Gasteiger partial charge in [0.2, 0.25) is 5.91 Å². The Morgan fingerprint density at radius 1 is 1.20 bits per heavy atom. The first kappa shape index (κ1) is 18.4. The second kappa shape index (κ2) is 10.2. The molecule has 0 aromatic carbocycles. The summed E-state index contributed by atoms with van der Waals surface area (Å²) in [5.74, 6) is -0.813. The van der Waals surface area contributed by atoms with E-state index in [1.807, 2.05) is 6.92 Å². The number of hydrogen-bond acceptors (Lipinski definition) is 5. The van der Waals surface area contributed by atoms with Crippen molar-refractivity contribution in [3.05, 3.63) is 0 Å². The third-order valence-electron chi connectivity index (χ3n) is 2.65. The van der Waals surface area contributed by atoms with Crippen molar-refractivity contribution < 1.29 is 19.1 Å². The third kappa shape index (κ3) is 7.08. The van der Waals surface area contributed by atoms with Crippen molar-refractivity contribution in [2.75, 3.05) is 26.2 Å². The highest BCUT2D eigenvalue weighted by Gasteiger charge is 2.24. The molecule has 1 atom stereocenters. The van der Waals surface area contributed by atoms with E-state index in [1.165, 1.54) is 0 Å². The lowest BCUT2D eigenvalue weighted by molar-refractivity contribution is -0.145. The largest absolute Gasteiger partial charge is 0.465 e. The molecular weight excluding hydrogens is 262 g/mol. The zero-order chi connectivity index (χ0) is 15.5. The minimum Gasteiger partial charge on any atom is -0.465 e. The van der Waals surface area contributed by atoms with Crippen molar-refractivity contribution in [3.63, 3.8) is 0 Å². The zero-order valence-electron chi connectivity index (χ0n) is 12.7. The van der Waals surface area contributed by atoms with Gasteiger partial charge < -0.3 is 10.1 Å². The minimum atomic E-state index is -0.582. The van der Waals surface area contributed by atoms with Crippen molar-refractivity contribution in [2.24, 2.45) is 0 Å². The number of carbonyl (C=O) groups is 3. The molecule has 0 rings (SSSR count). The highest BCUT2D eigenvalue weighted by molar-refractivity contribution is 5.96. The maximum absolute atomic E-state index is 11.9. The highest BCUT2D eigenvalue weighted by Crippen LogP contribution is 2.02. The van der Waals surface area contributed by atoms with E-state index in [4.69, 9.17) is 4.74 Å². The fourth-order valence-electron chi connectivity index (χ4n) is 1.66. The summed E-state index contributed by atoms with van der Waals surface area (Å²) >= 11 is 0. The summed E-state index contributed by atoms with van der Waals surface area (Å²) in [7, 11) is 0. The summed E-state index contributed by atoms with van der Waals surface area (Å²) in [6.45, 7) is 8.45. The van der Waals surface area contributed by atoms with Crippen LogP contribution in [-0.4, -0.2) is 55.1 Å². The van der Waals surface area contributed by atoms with Crippen LogP contribution in [0.3, 0.4) is 0 Å². The number of ether oxygens (including phenoxy) is 1. The highest BCUT2D eigenvalue weighted by atomic mass is 16.5. The molecule has 0 aliphatic rings. The first-order chi connectivity index (χ1) is 9.46. The molecule has 0 saturated carbocycles. The van der Waals surface area contributed by atoms with Crippen molar-refractivity contribution in [3.8, 4) is 0 Å². The van der Waals surface area contributed by atoms with Crippen molar-refractivity contribution in [1.82, 2.24) is 15.5 Å². The van der Waals surface area contributed by atoms with Crippen LogP contribution in [0.4, 0.5) is 4.79 Å². The van der Waals surface area contributed by atoms with Crippen molar-refractivity contribution >= 4 is 17.9 Å². The molecule has 7 heteroatoms.